The largest absolute Gasteiger partial charge is 0.511 e. The molecule has 1 amide bonds. The molecule has 3 atom stereocenters. The molecule has 0 bridgehead atoms. The Labute approximate surface area is 100 Å². The Hall–Kier alpha value is -1.84. The van der Waals surface area contributed by atoms with Gasteiger partial charge in [-0.1, -0.05) is 13.2 Å². The van der Waals surface area contributed by atoms with E-state index in [1.54, 1.807) is 6.21 Å². The molecule has 4 nitrogen and oxygen atoms in total. The average molecular weight is 232 g/mol. The van der Waals surface area contributed by atoms with Crippen LogP contribution in [0.25, 0.3) is 0 Å². The van der Waals surface area contributed by atoms with Crippen LogP contribution in [0.15, 0.2) is 41.1 Å². The van der Waals surface area contributed by atoms with Crippen LogP contribution in [0.2, 0.25) is 0 Å². The number of carbonyl (C=O) groups excluding carboxylic acids is 1. The van der Waals surface area contributed by atoms with Crippen molar-refractivity contribution >= 4 is 12.1 Å². The van der Waals surface area contributed by atoms with Crippen LogP contribution in [0, 0.1) is 5.92 Å². The number of β-lactam (4-membered cyclic amide) rings is 1. The maximum absolute atomic E-state index is 11.5. The molecule has 1 fully saturated rings. The maximum atomic E-state index is 11.5. The third-order valence-corrected chi connectivity index (χ3v) is 3.19. The number of aliphatic hydroxyl groups excluding tert-OH is 1. The molecule has 2 aliphatic rings. The lowest BCUT2D eigenvalue weighted by Crippen LogP contribution is -2.59. The summed E-state index contributed by atoms with van der Waals surface area (Å²) in [6.07, 6.45) is 4.41. The SMILES string of the molecule is C=C(C1=CC=NC(C)C1)[C@H]1C(=O)N[C@@H]1C(=C)O. The van der Waals surface area contributed by atoms with Gasteiger partial charge in [0.25, 0.3) is 0 Å². The van der Waals surface area contributed by atoms with Crippen LogP contribution in [-0.2, 0) is 4.79 Å². The van der Waals surface area contributed by atoms with Crippen LogP contribution in [0.5, 0.6) is 0 Å². The first kappa shape index (κ1) is 11.6. The summed E-state index contributed by atoms with van der Waals surface area (Å²) in [5.74, 6) is -0.516. The van der Waals surface area contributed by atoms with Crippen molar-refractivity contribution in [3.05, 3.63) is 36.1 Å². The minimum Gasteiger partial charge on any atom is -0.511 e. The van der Waals surface area contributed by atoms with Gasteiger partial charge in [-0.25, -0.2) is 0 Å². The summed E-state index contributed by atoms with van der Waals surface area (Å²) in [5, 5.41) is 12.0. The number of aliphatic imine (C=N–C) groups is 1. The molecular formula is C13H16N2O2. The van der Waals surface area contributed by atoms with Crippen molar-refractivity contribution in [1.29, 1.82) is 0 Å². The van der Waals surface area contributed by atoms with Gasteiger partial charge in [-0.3, -0.25) is 9.79 Å². The number of aliphatic hydroxyl groups is 1. The predicted molar refractivity (Wildman–Crippen MR) is 67.0 cm³/mol. The zero-order valence-corrected chi connectivity index (χ0v) is 9.81. The van der Waals surface area contributed by atoms with Crippen LogP contribution in [-0.4, -0.2) is 29.3 Å². The highest BCUT2D eigenvalue weighted by atomic mass is 16.3. The van der Waals surface area contributed by atoms with Gasteiger partial charge in [-0.15, -0.1) is 0 Å². The zero-order valence-electron chi connectivity index (χ0n) is 9.81. The fraction of sp³-hybridized carbons (Fsp3) is 0.385. The van der Waals surface area contributed by atoms with Crippen LogP contribution in [0.3, 0.4) is 0 Å². The van der Waals surface area contributed by atoms with Crippen LogP contribution < -0.4 is 5.32 Å². The first-order valence-corrected chi connectivity index (χ1v) is 5.60. The predicted octanol–water partition coefficient (Wildman–Crippen LogP) is 1.52. The van der Waals surface area contributed by atoms with E-state index in [1.807, 2.05) is 13.0 Å². The Balaban J connectivity index is 2.15. The van der Waals surface area contributed by atoms with Gasteiger partial charge in [-0.05, 0) is 30.6 Å². The number of hydrogen-bond donors (Lipinski definition) is 2. The van der Waals surface area contributed by atoms with E-state index in [4.69, 9.17) is 0 Å². The molecule has 1 unspecified atom stereocenters. The first-order chi connectivity index (χ1) is 8.00. The lowest BCUT2D eigenvalue weighted by molar-refractivity contribution is -0.132. The van der Waals surface area contributed by atoms with Gasteiger partial charge in [0, 0.05) is 6.21 Å². The van der Waals surface area contributed by atoms with E-state index in [0.717, 1.165) is 17.6 Å². The van der Waals surface area contributed by atoms with Crippen molar-refractivity contribution < 1.29 is 9.90 Å². The van der Waals surface area contributed by atoms with Crippen molar-refractivity contribution in [3.8, 4) is 0 Å². The third-order valence-electron chi connectivity index (χ3n) is 3.19. The molecule has 2 N–H and O–H groups in total. The topological polar surface area (TPSA) is 61.7 Å². The van der Waals surface area contributed by atoms with Gasteiger partial charge in [0.2, 0.25) is 5.91 Å². The summed E-state index contributed by atoms with van der Waals surface area (Å²) in [7, 11) is 0. The summed E-state index contributed by atoms with van der Waals surface area (Å²) in [6, 6.07) is -0.185. The summed E-state index contributed by atoms with van der Waals surface area (Å²) in [5.41, 5.74) is 1.78. The second-order valence-electron chi connectivity index (χ2n) is 4.52. The third kappa shape index (κ3) is 2.02. The van der Waals surface area contributed by atoms with Crippen LogP contribution >= 0.6 is 0 Å². The van der Waals surface area contributed by atoms with Gasteiger partial charge in [0.1, 0.15) is 11.8 Å². The fourth-order valence-electron chi connectivity index (χ4n) is 2.17. The summed E-state index contributed by atoms with van der Waals surface area (Å²) in [6.45, 7) is 9.45. The molecular weight excluding hydrogens is 216 g/mol. The Kier molecular flexibility index (Phi) is 2.88. The quantitative estimate of drug-likeness (QED) is 0.572. The summed E-state index contributed by atoms with van der Waals surface area (Å²) < 4.78 is 0. The monoisotopic (exact) mass is 232 g/mol. The molecule has 0 spiro atoms. The van der Waals surface area contributed by atoms with Gasteiger partial charge >= 0.3 is 0 Å². The lowest BCUT2D eigenvalue weighted by atomic mass is 9.78. The number of dihydropyridines is 1. The smallest absolute Gasteiger partial charge is 0.230 e. The Morgan fingerprint density at radius 2 is 2.29 bits per heavy atom. The van der Waals surface area contributed by atoms with E-state index in [0.29, 0.717) is 0 Å². The lowest BCUT2D eigenvalue weighted by Gasteiger charge is -2.38. The van der Waals surface area contributed by atoms with E-state index >= 15 is 0 Å². The van der Waals surface area contributed by atoms with Crippen molar-refractivity contribution in [2.24, 2.45) is 10.9 Å². The molecule has 0 radical (unpaired) electrons. The highest BCUT2D eigenvalue weighted by Crippen LogP contribution is 2.33. The molecule has 2 heterocycles. The fourth-order valence-corrected chi connectivity index (χ4v) is 2.17. The molecule has 90 valence electrons. The number of rotatable bonds is 3. The number of nitrogens with one attached hydrogen (secondary N) is 1. The molecule has 17 heavy (non-hydrogen) atoms. The minimum atomic E-state index is -0.398. The number of amides is 1. The second kappa shape index (κ2) is 4.20. The highest BCUT2D eigenvalue weighted by Gasteiger charge is 2.43. The van der Waals surface area contributed by atoms with Crippen molar-refractivity contribution in [1.82, 2.24) is 5.32 Å². The number of allylic oxidation sites excluding steroid dienone is 1. The minimum absolute atomic E-state index is 0.0196. The number of carbonyl (C=O) groups is 1. The van der Waals surface area contributed by atoms with E-state index in [9.17, 15) is 9.90 Å². The summed E-state index contributed by atoms with van der Waals surface area (Å²) >= 11 is 0. The molecule has 0 aromatic heterocycles. The molecule has 0 aromatic rings. The zero-order chi connectivity index (χ0) is 12.6. The number of hydrogen-bond acceptors (Lipinski definition) is 3. The molecule has 4 heteroatoms. The van der Waals surface area contributed by atoms with Crippen molar-refractivity contribution in [2.75, 3.05) is 0 Å². The molecule has 0 aliphatic carbocycles. The van der Waals surface area contributed by atoms with Crippen LogP contribution in [0.1, 0.15) is 13.3 Å². The highest BCUT2D eigenvalue weighted by molar-refractivity contribution is 5.91. The number of nitrogens with zero attached hydrogens (tertiary/aromatic N) is 1. The molecule has 2 aliphatic heterocycles. The first-order valence-electron chi connectivity index (χ1n) is 5.60. The second-order valence-corrected chi connectivity index (χ2v) is 4.52. The van der Waals surface area contributed by atoms with E-state index in [-0.39, 0.29) is 17.7 Å². The van der Waals surface area contributed by atoms with Gasteiger partial charge in [0.05, 0.1) is 12.0 Å². The average Bonchev–Trinajstić information content (AvgIpc) is 2.25. The molecule has 2 rings (SSSR count). The van der Waals surface area contributed by atoms with Crippen molar-refractivity contribution in [2.45, 2.75) is 25.4 Å². The molecule has 0 aromatic carbocycles. The summed E-state index contributed by atoms with van der Waals surface area (Å²) in [4.78, 5) is 15.8. The standard InChI is InChI=1S/C13H16N2O2/c1-7-6-10(4-5-14-7)8(2)11-12(9(3)16)15-13(11)17/h4-5,7,11-12,16H,2-3,6H2,1H3,(H,15,17)/t7?,11-,12-/m1/s1. The Morgan fingerprint density at radius 1 is 1.59 bits per heavy atom. The van der Waals surface area contributed by atoms with Gasteiger partial charge in [0.15, 0.2) is 0 Å². The Morgan fingerprint density at radius 3 is 2.82 bits per heavy atom. The van der Waals surface area contributed by atoms with Crippen LogP contribution in [0.4, 0.5) is 0 Å². The Bertz CT molecular complexity index is 448. The van der Waals surface area contributed by atoms with Gasteiger partial charge < -0.3 is 10.4 Å². The molecule has 0 saturated carbocycles. The van der Waals surface area contributed by atoms with E-state index in [1.165, 1.54) is 0 Å². The van der Waals surface area contributed by atoms with Crippen molar-refractivity contribution in [3.63, 3.8) is 0 Å². The van der Waals surface area contributed by atoms with Gasteiger partial charge in [-0.2, -0.15) is 0 Å². The van der Waals surface area contributed by atoms with E-state index < -0.39 is 12.0 Å². The normalized spacial score (nSPS) is 31.2. The van der Waals surface area contributed by atoms with E-state index in [2.05, 4.69) is 23.5 Å². The molecule has 1 saturated heterocycles. The maximum Gasteiger partial charge on any atom is 0.230 e.